The Kier molecular flexibility index (Phi) is 8.40. The molecule has 29 heavy (non-hydrogen) atoms. The van der Waals surface area contributed by atoms with Crippen LogP contribution in [0.5, 0.6) is 0 Å². The van der Waals surface area contributed by atoms with Crippen LogP contribution in [-0.4, -0.2) is 43.7 Å². The fraction of sp³-hybridized carbons (Fsp3) is 0.417. The van der Waals surface area contributed by atoms with E-state index in [1.54, 1.807) is 6.08 Å². The number of allylic oxidation sites excluding steroid dienone is 4. The third-order valence-corrected chi connectivity index (χ3v) is 5.61. The zero-order valence-corrected chi connectivity index (χ0v) is 17.7. The zero-order valence-electron chi connectivity index (χ0n) is 17.7. The molecule has 2 atom stereocenters. The molecule has 0 aliphatic heterocycles. The third-order valence-electron chi connectivity index (χ3n) is 5.61. The monoisotopic (exact) mass is 394 g/mol. The van der Waals surface area contributed by atoms with E-state index in [4.69, 9.17) is 11.1 Å². The van der Waals surface area contributed by atoms with Crippen LogP contribution in [0.15, 0.2) is 55.2 Å². The molecule has 156 valence electrons. The first-order chi connectivity index (χ1) is 13.9. The van der Waals surface area contributed by atoms with Gasteiger partial charge in [0.05, 0.1) is 0 Å². The van der Waals surface area contributed by atoms with Gasteiger partial charge in [0.15, 0.2) is 0 Å². The molecule has 1 aromatic carbocycles. The van der Waals surface area contributed by atoms with Gasteiger partial charge in [-0.05, 0) is 68.5 Å². The van der Waals surface area contributed by atoms with Crippen molar-refractivity contribution >= 4 is 17.8 Å². The van der Waals surface area contributed by atoms with Crippen molar-refractivity contribution in [2.75, 3.05) is 26.4 Å². The lowest BCUT2D eigenvalue weighted by molar-refractivity contribution is -0.122. The van der Waals surface area contributed by atoms with E-state index in [-0.39, 0.29) is 17.9 Å². The molecule has 1 amide bonds. The Hall–Kier alpha value is -2.66. The Balaban J connectivity index is 1.98. The first-order valence-corrected chi connectivity index (χ1v) is 10.2. The van der Waals surface area contributed by atoms with Crippen molar-refractivity contribution in [2.24, 2.45) is 11.8 Å². The quantitative estimate of drug-likeness (QED) is 0.288. The molecule has 1 aromatic rings. The molecule has 0 spiro atoms. The normalized spacial score (nSPS) is 16.2. The lowest BCUT2D eigenvalue weighted by Crippen LogP contribution is -2.42. The van der Waals surface area contributed by atoms with Crippen LogP contribution in [0.4, 0.5) is 5.69 Å². The Morgan fingerprint density at radius 3 is 2.66 bits per heavy atom. The summed E-state index contributed by atoms with van der Waals surface area (Å²) in [6.07, 6.45) is 10.5. The lowest BCUT2D eigenvalue weighted by Gasteiger charge is -2.26. The molecule has 0 bridgehead atoms. The maximum absolute atomic E-state index is 12.7. The van der Waals surface area contributed by atoms with Gasteiger partial charge in [-0.1, -0.05) is 37.5 Å². The van der Waals surface area contributed by atoms with Crippen LogP contribution in [0.25, 0.3) is 0 Å². The predicted molar refractivity (Wildman–Crippen MR) is 122 cm³/mol. The average Bonchev–Trinajstić information content (AvgIpc) is 3.53. The highest BCUT2D eigenvalue weighted by Gasteiger charge is 2.34. The van der Waals surface area contributed by atoms with Gasteiger partial charge in [0, 0.05) is 36.5 Å². The molecule has 0 saturated heterocycles. The van der Waals surface area contributed by atoms with Gasteiger partial charge in [-0.15, -0.1) is 0 Å². The van der Waals surface area contributed by atoms with E-state index in [1.165, 1.54) is 19.1 Å². The van der Waals surface area contributed by atoms with Crippen molar-refractivity contribution in [1.29, 1.82) is 5.41 Å². The summed E-state index contributed by atoms with van der Waals surface area (Å²) in [4.78, 5) is 14.8. The van der Waals surface area contributed by atoms with Gasteiger partial charge in [0.2, 0.25) is 5.91 Å². The predicted octanol–water partition coefficient (Wildman–Crippen LogP) is 3.57. The van der Waals surface area contributed by atoms with Crippen molar-refractivity contribution in [1.82, 2.24) is 10.2 Å². The highest BCUT2D eigenvalue weighted by atomic mass is 16.1. The van der Waals surface area contributed by atoms with Crippen LogP contribution in [0.1, 0.15) is 30.4 Å². The van der Waals surface area contributed by atoms with Crippen molar-refractivity contribution in [3.63, 3.8) is 0 Å². The summed E-state index contributed by atoms with van der Waals surface area (Å²) in [7, 11) is 4.03. The Labute approximate surface area is 174 Å². The molecular weight excluding hydrogens is 360 g/mol. The molecule has 0 radical (unpaired) electrons. The first kappa shape index (κ1) is 22.6. The smallest absolute Gasteiger partial charge is 0.220 e. The van der Waals surface area contributed by atoms with E-state index in [0.29, 0.717) is 24.6 Å². The number of nitrogens with zero attached hydrogens (tertiary/aromatic N) is 1. The average molecular weight is 395 g/mol. The summed E-state index contributed by atoms with van der Waals surface area (Å²) in [5.74, 6) is 0.863. The van der Waals surface area contributed by atoms with Crippen LogP contribution in [0.3, 0.4) is 0 Å². The number of hydrogen-bond donors (Lipinski definition) is 3. The van der Waals surface area contributed by atoms with Crippen LogP contribution < -0.4 is 11.1 Å². The minimum Gasteiger partial charge on any atom is -0.398 e. The maximum Gasteiger partial charge on any atom is 0.220 e. The van der Waals surface area contributed by atoms with Crippen LogP contribution >= 0.6 is 0 Å². The highest BCUT2D eigenvalue weighted by Crippen LogP contribution is 2.42. The van der Waals surface area contributed by atoms with Crippen molar-refractivity contribution in [2.45, 2.75) is 31.7 Å². The number of amides is 1. The molecule has 0 aromatic heterocycles. The number of nitrogens with two attached hydrogens (primary N) is 1. The fourth-order valence-corrected chi connectivity index (χ4v) is 3.62. The number of nitrogens with one attached hydrogen (secondary N) is 2. The number of likely N-dealkylation sites (N-methyl/N-ethyl adjacent to an activating group) is 1. The van der Waals surface area contributed by atoms with Crippen molar-refractivity contribution in [3.05, 3.63) is 66.3 Å². The first-order valence-electron chi connectivity index (χ1n) is 10.2. The van der Waals surface area contributed by atoms with Crippen LogP contribution in [-0.2, 0) is 11.2 Å². The van der Waals surface area contributed by atoms with Gasteiger partial charge in [0.1, 0.15) is 0 Å². The summed E-state index contributed by atoms with van der Waals surface area (Å²) >= 11 is 0. The van der Waals surface area contributed by atoms with Crippen molar-refractivity contribution < 1.29 is 4.79 Å². The van der Waals surface area contributed by atoms with Crippen LogP contribution in [0, 0.1) is 17.2 Å². The standard InChI is InChI=1S/C24H34N4O/c1-5-7-18(6-2)22(19-9-10-19)14-24(29)27-16-21(28(3)4)13-17-8-11-23(26)20(12-17)15-25/h5-8,11-12,15,19,21-22,25H,1-2,9-10,13-14,16,26H2,3-4H3,(H,27,29)/b18-7+,25-15?. The molecule has 2 rings (SSSR count). The summed E-state index contributed by atoms with van der Waals surface area (Å²) < 4.78 is 0. The van der Waals surface area contributed by atoms with E-state index in [2.05, 4.69) is 23.4 Å². The van der Waals surface area contributed by atoms with Crippen molar-refractivity contribution in [3.8, 4) is 0 Å². The van der Waals surface area contributed by atoms with Gasteiger partial charge >= 0.3 is 0 Å². The molecule has 1 fully saturated rings. The summed E-state index contributed by atoms with van der Waals surface area (Å²) in [5.41, 5.74) is 9.42. The number of carbonyl (C=O) groups excluding carboxylic acids is 1. The molecule has 5 heteroatoms. The van der Waals surface area contributed by atoms with Gasteiger partial charge in [0.25, 0.3) is 0 Å². The van der Waals surface area contributed by atoms with E-state index in [9.17, 15) is 4.79 Å². The molecular formula is C24H34N4O. The molecule has 1 saturated carbocycles. The third kappa shape index (κ3) is 6.71. The second kappa shape index (κ2) is 10.8. The van der Waals surface area contributed by atoms with Gasteiger partial charge < -0.3 is 21.4 Å². The Morgan fingerprint density at radius 2 is 2.10 bits per heavy atom. The second-order valence-electron chi connectivity index (χ2n) is 7.99. The maximum atomic E-state index is 12.7. The number of carbonyl (C=O) groups is 1. The van der Waals surface area contributed by atoms with Gasteiger partial charge in [-0.3, -0.25) is 4.79 Å². The number of nitrogen functional groups attached to an aromatic ring is 1. The number of rotatable bonds is 12. The highest BCUT2D eigenvalue weighted by molar-refractivity contribution is 5.85. The minimum absolute atomic E-state index is 0.0723. The minimum atomic E-state index is 0.0723. The van der Waals surface area contributed by atoms with Gasteiger partial charge in [-0.2, -0.15) is 0 Å². The van der Waals surface area contributed by atoms with E-state index < -0.39 is 0 Å². The topological polar surface area (TPSA) is 82.2 Å². The molecule has 4 N–H and O–H groups in total. The number of anilines is 1. The molecule has 1 aliphatic rings. The van der Waals surface area contributed by atoms with E-state index in [0.717, 1.165) is 23.1 Å². The largest absolute Gasteiger partial charge is 0.398 e. The number of benzene rings is 1. The summed E-state index contributed by atoms with van der Waals surface area (Å²) in [6.45, 7) is 8.25. The number of hydrogen-bond acceptors (Lipinski definition) is 4. The summed E-state index contributed by atoms with van der Waals surface area (Å²) in [6, 6.07) is 5.92. The Bertz CT molecular complexity index is 777. The lowest BCUT2D eigenvalue weighted by atomic mass is 9.90. The Morgan fingerprint density at radius 1 is 1.38 bits per heavy atom. The zero-order chi connectivity index (χ0) is 21.4. The SMILES string of the molecule is C=C/C=C(\C=C)C(CC(=O)NCC(Cc1ccc(N)c(C=N)c1)N(C)C)C1CC1. The molecule has 1 aliphatic carbocycles. The van der Waals surface area contributed by atoms with Crippen LogP contribution in [0.2, 0.25) is 0 Å². The molecule has 5 nitrogen and oxygen atoms in total. The molecule has 0 heterocycles. The molecule has 2 unspecified atom stereocenters. The van der Waals surface area contributed by atoms with E-state index >= 15 is 0 Å². The van der Waals surface area contributed by atoms with E-state index in [1.807, 2.05) is 44.4 Å². The second-order valence-corrected chi connectivity index (χ2v) is 7.99. The summed E-state index contributed by atoms with van der Waals surface area (Å²) in [5, 5.41) is 10.6. The van der Waals surface area contributed by atoms with Gasteiger partial charge in [-0.25, -0.2) is 0 Å². The fourth-order valence-electron chi connectivity index (χ4n) is 3.62.